The number of ether oxygens (including phenoxy) is 1. The van der Waals surface area contributed by atoms with Crippen molar-refractivity contribution in [1.82, 2.24) is 15.5 Å². The molecule has 0 aromatic heterocycles. The van der Waals surface area contributed by atoms with Crippen LogP contribution in [0.1, 0.15) is 39.0 Å². The molecular weight excluding hydrogens is 314 g/mol. The molecule has 1 aliphatic carbocycles. The van der Waals surface area contributed by atoms with Crippen LogP contribution in [0, 0.1) is 11.3 Å². The second-order valence-electron chi connectivity index (χ2n) is 7.64. The molecular formula is C17H34ClN3O2. The van der Waals surface area contributed by atoms with Gasteiger partial charge in [0, 0.05) is 25.7 Å². The van der Waals surface area contributed by atoms with Gasteiger partial charge in [-0.2, -0.15) is 0 Å². The van der Waals surface area contributed by atoms with Crippen LogP contribution >= 0.6 is 12.4 Å². The van der Waals surface area contributed by atoms with Crippen LogP contribution < -0.4 is 10.6 Å². The van der Waals surface area contributed by atoms with Gasteiger partial charge in [-0.15, -0.1) is 12.4 Å². The van der Waals surface area contributed by atoms with E-state index >= 15 is 0 Å². The summed E-state index contributed by atoms with van der Waals surface area (Å²) in [6, 6.07) is 0. The number of hydrogen-bond acceptors (Lipinski definition) is 4. The first-order chi connectivity index (χ1) is 10.4. The zero-order valence-electron chi connectivity index (χ0n) is 15.1. The van der Waals surface area contributed by atoms with Crippen molar-refractivity contribution in [2.75, 3.05) is 47.4 Å². The van der Waals surface area contributed by atoms with E-state index in [4.69, 9.17) is 4.74 Å². The Morgan fingerprint density at radius 2 is 2.13 bits per heavy atom. The molecule has 0 spiro atoms. The van der Waals surface area contributed by atoms with E-state index in [1.807, 2.05) is 0 Å². The summed E-state index contributed by atoms with van der Waals surface area (Å²) in [6.07, 6.45) is 5.75. The van der Waals surface area contributed by atoms with Crippen LogP contribution in [0.4, 0.5) is 0 Å². The molecule has 2 N–H and O–H groups in total. The molecule has 1 saturated heterocycles. The molecule has 6 heteroatoms. The van der Waals surface area contributed by atoms with Gasteiger partial charge < -0.3 is 20.3 Å². The van der Waals surface area contributed by atoms with Crippen LogP contribution in [0.3, 0.4) is 0 Å². The molecule has 2 fully saturated rings. The highest BCUT2D eigenvalue weighted by Gasteiger charge is 2.43. The third-order valence-electron chi connectivity index (χ3n) is 5.74. The molecule has 2 rings (SSSR count). The first-order valence-corrected chi connectivity index (χ1v) is 8.59. The van der Waals surface area contributed by atoms with Crippen molar-refractivity contribution in [3.63, 3.8) is 0 Å². The van der Waals surface area contributed by atoms with Gasteiger partial charge in [0.25, 0.3) is 0 Å². The second-order valence-corrected chi connectivity index (χ2v) is 7.64. The van der Waals surface area contributed by atoms with Crippen LogP contribution in [0.15, 0.2) is 0 Å². The predicted molar refractivity (Wildman–Crippen MR) is 96.1 cm³/mol. The maximum absolute atomic E-state index is 12.8. The van der Waals surface area contributed by atoms with E-state index in [2.05, 4.69) is 36.6 Å². The minimum Gasteiger partial charge on any atom is -0.384 e. The van der Waals surface area contributed by atoms with Crippen molar-refractivity contribution in [3.8, 4) is 0 Å². The van der Waals surface area contributed by atoms with Crippen LogP contribution in [0.2, 0.25) is 0 Å². The van der Waals surface area contributed by atoms with Gasteiger partial charge in [-0.1, -0.05) is 19.8 Å². The fourth-order valence-electron chi connectivity index (χ4n) is 4.19. The van der Waals surface area contributed by atoms with Gasteiger partial charge in [0.05, 0.1) is 12.0 Å². The fourth-order valence-corrected chi connectivity index (χ4v) is 4.19. The Kier molecular flexibility index (Phi) is 7.78. The molecule has 5 nitrogen and oxygen atoms in total. The second kappa shape index (κ2) is 8.65. The molecule has 0 aromatic rings. The summed E-state index contributed by atoms with van der Waals surface area (Å²) in [5.74, 6) is 0.882. The van der Waals surface area contributed by atoms with Crippen LogP contribution in [0.25, 0.3) is 0 Å². The number of nitrogens with one attached hydrogen (secondary N) is 2. The summed E-state index contributed by atoms with van der Waals surface area (Å²) in [4.78, 5) is 15.1. The highest BCUT2D eigenvalue weighted by atomic mass is 35.5. The Bertz CT molecular complexity index is 386. The maximum atomic E-state index is 12.8. The van der Waals surface area contributed by atoms with Crippen molar-refractivity contribution >= 4 is 18.3 Å². The van der Waals surface area contributed by atoms with Crippen LogP contribution in [-0.4, -0.2) is 63.8 Å². The lowest BCUT2D eigenvalue weighted by Gasteiger charge is -2.45. The third kappa shape index (κ3) is 4.59. The molecule has 1 heterocycles. The average molecular weight is 348 g/mol. The molecule has 1 saturated carbocycles. The topological polar surface area (TPSA) is 53.6 Å². The first kappa shape index (κ1) is 20.7. The molecule has 2 aliphatic rings. The van der Waals surface area contributed by atoms with E-state index in [0.29, 0.717) is 6.61 Å². The van der Waals surface area contributed by atoms with E-state index in [1.165, 1.54) is 19.3 Å². The monoisotopic (exact) mass is 347 g/mol. The highest BCUT2D eigenvalue weighted by molar-refractivity contribution is 5.85. The summed E-state index contributed by atoms with van der Waals surface area (Å²) in [5.41, 5.74) is -0.282. The number of carbonyl (C=O) groups excluding carboxylic acids is 1. The zero-order valence-corrected chi connectivity index (χ0v) is 15.9. The zero-order chi connectivity index (χ0) is 16.2. The standard InChI is InChI=1S/C17H33N3O2.ClH/c1-14-6-5-7-17(10-14,20(2)3)12-19-15(21)16(13-22-4)8-9-18-11-16;/h14,18H,5-13H2,1-4H3,(H,19,21);1H. The number of likely N-dealkylation sites (N-methyl/N-ethyl adjacent to an activating group) is 1. The number of rotatable bonds is 6. The van der Waals surface area contributed by atoms with Gasteiger partial charge in [-0.3, -0.25) is 4.79 Å². The molecule has 3 unspecified atom stereocenters. The van der Waals surface area contributed by atoms with E-state index < -0.39 is 0 Å². The Labute approximate surface area is 147 Å². The lowest BCUT2D eigenvalue weighted by Crippen LogP contribution is -2.57. The van der Waals surface area contributed by atoms with Crippen LogP contribution in [0.5, 0.6) is 0 Å². The lowest BCUT2D eigenvalue weighted by atomic mass is 9.75. The molecule has 0 bridgehead atoms. The third-order valence-corrected chi connectivity index (χ3v) is 5.74. The maximum Gasteiger partial charge on any atom is 0.229 e. The molecule has 1 aliphatic heterocycles. The Hall–Kier alpha value is -0.360. The van der Waals surface area contributed by atoms with Crippen molar-refractivity contribution in [2.45, 2.75) is 44.6 Å². The van der Waals surface area contributed by atoms with Gasteiger partial charge >= 0.3 is 0 Å². The van der Waals surface area contributed by atoms with Gasteiger partial charge in [0.2, 0.25) is 5.91 Å². The molecule has 136 valence electrons. The molecule has 3 atom stereocenters. The minimum absolute atomic E-state index is 0. The Morgan fingerprint density at radius 3 is 2.65 bits per heavy atom. The summed E-state index contributed by atoms with van der Waals surface area (Å²) in [7, 11) is 5.97. The number of amides is 1. The van der Waals surface area contributed by atoms with Gasteiger partial charge in [-0.05, 0) is 45.8 Å². The van der Waals surface area contributed by atoms with E-state index in [0.717, 1.165) is 38.4 Å². The molecule has 0 aromatic carbocycles. The molecule has 0 radical (unpaired) electrons. The number of halogens is 1. The van der Waals surface area contributed by atoms with Crippen molar-refractivity contribution < 1.29 is 9.53 Å². The van der Waals surface area contributed by atoms with Gasteiger partial charge in [-0.25, -0.2) is 0 Å². The number of hydrogen-bond donors (Lipinski definition) is 2. The van der Waals surface area contributed by atoms with Crippen LogP contribution in [-0.2, 0) is 9.53 Å². The molecule has 1 amide bonds. The normalized spacial score (nSPS) is 34.2. The van der Waals surface area contributed by atoms with E-state index in [1.54, 1.807) is 7.11 Å². The number of methoxy groups -OCH3 is 1. The SMILES string of the molecule is COCC1(C(=O)NCC2(N(C)C)CCCC(C)C2)CCNC1.Cl. The van der Waals surface area contributed by atoms with E-state index in [-0.39, 0.29) is 29.3 Å². The van der Waals surface area contributed by atoms with Gasteiger partial charge in [0.1, 0.15) is 0 Å². The van der Waals surface area contributed by atoms with Crippen molar-refractivity contribution in [1.29, 1.82) is 0 Å². The lowest BCUT2D eigenvalue weighted by molar-refractivity contribution is -0.133. The number of nitrogens with zero attached hydrogens (tertiary/aromatic N) is 1. The highest BCUT2D eigenvalue weighted by Crippen LogP contribution is 2.35. The Balaban J connectivity index is 0.00000264. The average Bonchev–Trinajstić information content (AvgIpc) is 2.95. The molecule has 23 heavy (non-hydrogen) atoms. The van der Waals surface area contributed by atoms with Crippen molar-refractivity contribution in [2.24, 2.45) is 11.3 Å². The largest absolute Gasteiger partial charge is 0.384 e. The van der Waals surface area contributed by atoms with E-state index in [9.17, 15) is 4.79 Å². The van der Waals surface area contributed by atoms with Crippen molar-refractivity contribution in [3.05, 3.63) is 0 Å². The predicted octanol–water partition coefficient (Wildman–Crippen LogP) is 1.66. The summed E-state index contributed by atoms with van der Waals surface area (Å²) < 4.78 is 5.32. The Morgan fingerprint density at radius 1 is 1.39 bits per heavy atom. The quantitative estimate of drug-likeness (QED) is 0.767. The fraction of sp³-hybridized carbons (Fsp3) is 0.941. The van der Waals surface area contributed by atoms with Gasteiger partial charge in [0.15, 0.2) is 0 Å². The smallest absolute Gasteiger partial charge is 0.229 e. The summed E-state index contributed by atoms with van der Waals surface area (Å²) >= 11 is 0. The minimum atomic E-state index is -0.386. The first-order valence-electron chi connectivity index (χ1n) is 8.59. The number of carbonyl (C=O) groups is 1. The summed E-state index contributed by atoms with van der Waals surface area (Å²) in [5, 5.41) is 6.57. The summed E-state index contributed by atoms with van der Waals surface area (Å²) in [6.45, 7) is 5.18.